The van der Waals surface area contributed by atoms with Gasteiger partial charge in [-0.3, -0.25) is 9.59 Å². The van der Waals surface area contributed by atoms with E-state index in [2.05, 4.69) is 15.6 Å². The first kappa shape index (κ1) is 20.1. The van der Waals surface area contributed by atoms with Gasteiger partial charge in [-0.25, -0.2) is 9.07 Å². The topological polar surface area (TPSA) is 89.3 Å². The zero-order valence-corrected chi connectivity index (χ0v) is 17.3. The van der Waals surface area contributed by atoms with Crippen LogP contribution < -0.4 is 5.32 Å². The fraction of sp³-hybridized carbons (Fsp3) is 0.545. The number of nitrogens with zero attached hydrogens (tertiary/aromatic N) is 4. The van der Waals surface area contributed by atoms with E-state index in [1.165, 1.54) is 12.1 Å². The number of hydrogen-bond acceptors (Lipinski definition) is 5. The minimum absolute atomic E-state index is 0.0267. The number of ether oxygens (including phenoxy) is 1. The molecular weight excluding hydrogens is 401 g/mol. The van der Waals surface area contributed by atoms with E-state index in [4.69, 9.17) is 4.74 Å². The Hall–Kier alpha value is -2.81. The Morgan fingerprint density at radius 2 is 2.16 bits per heavy atom. The third-order valence-electron chi connectivity index (χ3n) is 6.39. The Balaban J connectivity index is 1.23. The van der Waals surface area contributed by atoms with Gasteiger partial charge in [0.15, 0.2) is 0 Å². The van der Waals surface area contributed by atoms with Crippen LogP contribution >= 0.6 is 0 Å². The Morgan fingerprint density at radius 1 is 1.29 bits per heavy atom. The number of benzene rings is 1. The normalized spacial score (nSPS) is 22.9. The monoisotopic (exact) mass is 427 g/mol. The molecule has 9 heteroatoms. The highest BCUT2D eigenvalue weighted by Crippen LogP contribution is 2.33. The van der Waals surface area contributed by atoms with Crippen LogP contribution in [0.4, 0.5) is 4.39 Å². The SMILES string of the molecule is O=C(NCc1nnn2c1COC1(CCCN(C(=O)Cc3cccc(F)c3)C1)C2)C1CC1. The standard InChI is InChI=1S/C22H26FN5O3/c23-17-4-1-3-15(9-17)10-20(29)27-8-2-7-22(13-27)14-28-19(12-31-22)18(25-26-28)11-24-21(30)16-5-6-16/h1,3-4,9,16H,2,5-8,10-14H2,(H,24,30). The molecule has 2 aliphatic heterocycles. The molecule has 1 unspecified atom stereocenters. The summed E-state index contributed by atoms with van der Waals surface area (Å²) in [6.45, 7) is 2.39. The summed E-state index contributed by atoms with van der Waals surface area (Å²) in [5, 5.41) is 11.5. The highest BCUT2D eigenvalue weighted by atomic mass is 19.1. The minimum Gasteiger partial charge on any atom is -0.365 e. The molecule has 0 bridgehead atoms. The van der Waals surface area contributed by atoms with Gasteiger partial charge >= 0.3 is 0 Å². The molecule has 1 aromatic heterocycles. The van der Waals surface area contributed by atoms with Gasteiger partial charge in [-0.1, -0.05) is 17.3 Å². The number of carbonyl (C=O) groups is 2. The molecule has 1 aliphatic carbocycles. The van der Waals surface area contributed by atoms with Crippen LogP contribution in [-0.4, -0.2) is 50.4 Å². The maximum atomic E-state index is 13.4. The summed E-state index contributed by atoms with van der Waals surface area (Å²) >= 11 is 0. The molecule has 2 amide bonds. The molecule has 2 fully saturated rings. The second-order valence-corrected chi connectivity index (χ2v) is 8.83. The number of amides is 2. The van der Waals surface area contributed by atoms with Crippen LogP contribution in [0.25, 0.3) is 0 Å². The first-order valence-corrected chi connectivity index (χ1v) is 10.9. The molecule has 1 N–H and O–H groups in total. The zero-order chi connectivity index (χ0) is 21.4. The largest absolute Gasteiger partial charge is 0.365 e. The molecule has 1 spiro atoms. The molecule has 31 heavy (non-hydrogen) atoms. The maximum absolute atomic E-state index is 13.4. The van der Waals surface area contributed by atoms with Crippen molar-refractivity contribution in [1.29, 1.82) is 0 Å². The summed E-state index contributed by atoms with van der Waals surface area (Å²) in [7, 11) is 0. The van der Waals surface area contributed by atoms with Crippen LogP contribution in [0.3, 0.4) is 0 Å². The van der Waals surface area contributed by atoms with Crippen molar-refractivity contribution in [2.24, 2.45) is 5.92 Å². The summed E-state index contributed by atoms with van der Waals surface area (Å²) in [5.41, 5.74) is 1.79. The predicted octanol–water partition coefficient (Wildman–Crippen LogP) is 1.58. The van der Waals surface area contributed by atoms with Gasteiger partial charge in [0.2, 0.25) is 11.8 Å². The molecule has 3 heterocycles. The van der Waals surface area contributed by atoms with E-state index < -0.39 is 5.60 Å². The van der Waals surface area contributed by atoms with Crippen molar-refractivity contribution < 1.29 is 18.7 Å². The Morgan fingerprint density at radius 3 is 2.97 bits per heavy atom. The van der Waals surface area contributed by atoms with E-state index in [1.807, 2.05) is 9.58 Å². The molecule has 0 radical (unpaired) electrons. The lowest BCUT2D eigenvalue weighted by molar-refractivity contribution is -0.152. The first-order chi connectivity index (χ1) is 15.0. The number of halogens is 1. The zero-order valence-electron chi connectivity index (χ0n) is 17.3. The smallest absolute Gasteiger partial charge is 0.227 e. The van der Waals surface area contributed by atoms with E-state index in [-0.39, 0.29) is 30.0 Å². The predicted molar refractivity (Wildman–Crippen MR) is 108 cm³/mol. The van der Waals surface area contributed by atoms with Crippen LogP contribution in [-0.2, 0) is 40.4 Å². The summed E-state index contributed by atoms with van der Waals surface area (Å²) in [4.78, 5) is 26.6. The molecule has 1 saturated carbocycles. The van der Waals surface area contributed by atoms with E-state index in [1.54, 1.807) is 12.1 Å². The maximum Gasteiger partial charge on any atom is 0.227 e. The van der Waals surface area contributed by atoms with Crippen LogP contribution in [0.1, 0.15) is 42.6 Å². The average Bonchev–Trinajstić information content (AvgIpc) is 3.53. The Labute approximate surface area is 179 Å². The summed E-state index contributed by atoms with van der Waals surface area (Å²) in [5.74, 6) is -0.126. The minimum atomic E-state index is -0.495. The lowest BCUT2D eigenvalue weighted by Gasteiger charge is -2.44. The average molecular weight is 427 g/mol. The van der Waals surface area contributed by atoms with Gasteiger partial charge in [0.1, 0.15) is 17.1 Å². The first-order valence-electron chi connectivity index (χ1n) is 10.9. The van der Waals surface area contributed by atoms with E-state index in [9.17, 15) is 14.0 Å². The second-order valence-electron chi connectivity index (χ2n) is 8.83. The second kappa shape index (κ2) is 8.03. The van der Waals surface area contributed by atoms with Gasteiger partial charge in [0.05, 0.1) is 38.4 Å². The van der Waals surface area contributed by atoms with Crippen molar-refractivity contribution in [3.8, 4) is 0 Å². The van der Waals surface area contributed by atoms with Crippen molar-refractivity contribution in [3.63, 3.8) is 0 Å². The lowest BCUT2D eigenvalue weighted by atomic mass is 9.91. The molecule has 1 aromatic carbocycles. The summed E-state index contributed by atoms with van der Waals surface area (Å²) < 4.78 is 21.6. The highest BCUT2D eigenvalue weighted by Gasteiger charge is 2.42. The van der Waals surface area contributed by atoms with Crippen LogP contribution in [0.5, 0.6) is 0 Å². The van der Waals surface area contributed by atoms with Gasteiger partial charge in [0, 0.05) is 12.5 Å². The van der Waals surface area contributed by atoms with Crippen molar-refractivity contribution in [2.75, 3.05) is 13.1 Å². The van der Waals surface area contributed by atoms with Gasteiger partial charge < -0.3 is 15.0 Å². The van der Waals surface area contributed by atoms with Crippen molar-refractivity contribution in [3.05, 3.63) is 47.0 Å². The number of hydrogen-bond donors (Lipinski definition) is 1. The van der Waals surface area contributed by atoms with Crippen LogP contribution in [0.2, 0.25) is 0 Å². The number of aromatic nitrogens is 3. The van der Waals surface area contributed by atoms with Crippen LogP contribution in [0, 0.1) is 11.7 Å². The third-order valence-corrected chi connectivity index (χ3v) is 6.39. The van der Waals surface area contributed by atoms with E-state index >= 15 is 0 Å². The van der Waals surface area contributed by atoms with E-state index in [0.29, 0.717) is 38.3 Å². The molecule has 5 rings (SSSR count). The molecule has 1 atom stereocenters. The molecule has 2 aromatic rings. The summed E-state index contributed by atoms with van der Waals surface area (Å²) in [6, 6.07) is 6.17. The number of likely N-dealkylation sites (tertiary alicyclic amines) is 1. The van der Waals surface area contributed by atoms with Gasteiger partial charge in [-0.05, 0) is 43.4 Å². The number of nitrogens with one attached hydrogen (secondary N) is 1. The third kappa shape index (κ3) is 4.32. The van der Waals surface area contributed by atoms with Crippen molar-refractivity contribution >= 4 is 11.8 Å². The Bertz CT molecular complexity index is 1000. The molecular formula is C22H26FN5O3. The lowest BCUT2D eigenvalue weighted by Crippen LogP contribution is -2.56. The number of rotatable bonds is 5. The number of carbonyl (C=O) groups excluding carboxylic acids is 2. The fourth-order valence-corrected chi connectivity index (χ4v) is 4.48. The van der Waals surface area contributed by atoms with Crippen molar-refractivity contribution in [2.45, 2.75) is 57.4 Å². The van der Waals surface area contributed by atoms with Gasteiger partial charge in [0.25, 0.3) is 0 Å². The molecule has 8 nitrogen and oxygen atoms in total. The molecule has 1 saturated heterocycles. The summed E-state index contributed by atoms with van der Waals surface area (Å²) in [6.07, 6.45) is 3.77. The fourth-order valence-electron chi connectivity index (χ4n) is 4.48. The van der Waals surface area contributed by atoms with Gasteiger partial charge in [-0.15, -0.1) is 5.10 Å². The highest BCUT2D eigenvalue weighted by molar-refractivity contribution is 5.80. The number of piperidine rings is 1. The molecule has 3 aliphatic rings. The number of fused-ring (bicyclic) bond motifs is 1. The van der Waals surface area contributed by atoms with Gasteiger partial charge in [-0.2, -0.15) is 0 Å². The van der Waals surface area contributed by atoms with Crippen LogP contribution in [0.15, 0.2) is 24.3 Å². The quantitative estimate of drug-likeness (QED) is 0.783. The molecule has 164 valence electrons. The Kier molecular flexibility index (Phi) is 5.21. The van der Waals surface area contributed by atoms with Crippen molar-refractivity contribution in [1.82, 2.24) is 25.2 Å². The van der Waals surface area contributed by atoms with E-state index in [0.717, 1.165) is 37.1 Å².